The minimum absolute atomic E-state index is 0.00971. The van der Waals surface area contributed by atoms with E-state index in [0.717, 1.165) is 21.9 Å². The molecule has 0 aliphatic heterocycles. The Hall–Kier alpha value is -4.91. The molecule has 0 bridgehead atoms. The third-order valence-corrected chi connectivity index (χ3v) is 15.6. The highest BCUT2D eigenvalue weighted by atomic mass is 19.1. The fraction of sp³-hybridized carbons (Fsp3) is 0.510. The van der Waals surface area contributed by atoms with Gasteiger partial charge in [0.15, 0.2) is 18.1 Å². The van der Waals surface area contributed by atoms with Crippen molar-refractivity contribution in [3.63, 3.8) is 0 Å². The summed E-state index contributed by atoms with van der Waals surface area (Å²) >= 11 is 0. The average Bonchev–Trinajstić information content (AvgIpc) is 3.82. The molecule has 4 saturated carbocycles. The first-order chi connectivity index (χ1) is 29.0. The number of allylic oxidation sites excluding steroid dienone is 4. The molecule has 0 amide bonds. The lowest BCUT2D eigenvalue weighted by Crippen LogP contribution is -2.69. The maximum absolute atomic E-state index is 17.6. The summed E-state index contributed by atoms with van der Waals surface area (Å²) in [5, 5.41) is 26.0. The van der Waals surface area contributed by atoms with Crippen molar-refractivity contribution in [3.05, 3.63) is 101 Å². The van der Waals surface area contributed by atoms with Crippen LogP contribution in [0.15, 0.2) is 84.7 Å². The lowest BCUT2D eigenvalue weighted by atomic mass is 9.44. The Bertz CT molecular complexity index is 2330. The number of nitrogens with zero attached hydrogens (tertiary/aromatic N) is 1. The third kappa shape index (κ3) is 6.99. The first-order valence-corrected chi connectivity index (χ1v) is 21.6. The lowest BCUT2D eigenvalue weighted by molar-refractivity contribution is -0.220. The number of aliphatic hydroxyl groups is 2. The Balaban J connectivity index is 0.865. The molecule has 3 aromatic rings. The van der Waals surface area contributed by atoms with Gasteiger partial charge in [-0.1, -0.05) is 74.4 Å². The molecule has 1 aromatic heterocycles. The van der Waals surface area contributed by atoms with Crippen LogP contribution in [0.4, 0.5) is 4.39 Å². The Labute approximate surface area is 355 Å². The van der Waals surface area contributed by atoms with Gasteiger partial charge in [-0.05, 0) is 97.6 Å². The van der Waals surface area contributed by atoms with E-state index < -0.39 is 88.0 Å². The van der Waals surface area contributed by atoms with Gasteiger partial charge in [0.25, 0.3) is 0 Å². The van der Waals surface area contributed by atoms with E-state index in [9.17, 15) is 34.2 Å². The van der Waals surface area contributed by atoms with Crippen molar-refractivity contribution in [2.45, 2.75) is 102 Å². The number of esters is 2. The SMILES string of the molecule is C[C@@H]1C[C@H]2[C@@H]3CCC4=CC(=O)C=C[C@]4(C)[C@@]3(F)[C@@H](O)C[C@]2(C)[C@@]1(O)C(=O)COC(=O)C1CCCC1C(=O)OCc1ccc([C@@H](CN)C(=O)Cc2ccc3cnccc3c2)cc1. The fourth-order valence-corrected chi connectivity index (χ4v) is 12.1. The molecule has 4 N–H and O–H groups in total. The van der Waals surface area contributed by atoms with E-state index in [1.165, 1.54) is 12.2 Å². The number of carbonyl (C=O) groups excluding carboxylic acids is 5. The number of alkyl halides is 1. The lowest BCUT2D eigenvalue weighted by Gasteiger charge is -2.62. The van der Waals surface area contributed by atoms with Crippen molar-refractivity contribution in [2.75, 3.05) is 13.2 Å². The molecule has 4 fully saturated rings. The summed E-state index contributed by atoms with van der Waals surface area (Å²) in [7, 11) is 0. The molecule has 0 radical (unpaired) electrons. The molecule has 5 aliphatic carbocycles. The normalized spacial score (nSPS) is 34.5. The molecule has 11 atom stereocenters. The van der Waals surface area contributed by atoms with Crippen LogP contribution in [0.3, 0.4) is 0 Å². The van der Waals surface area contributed by atoms with Gasteiger partial charge < -0.3 is 25.4 Å². The van der Waals surface area contributed by atoms with Crippen LogP contribution in [0.1, 0.15) is 88.3 Å². The summed E-state index contributed by atoms with van der Waals surface area (Å²) < 4.78 is 28.8. The molecule has 8 rings (SSSR count). The first-order valence-electron chi connectivity index (χ1n) is 21.6. The molecule has 1 heterocycles. The van der Waals surface area contributed by atoms with Crippen LogP contribution < -0.4 is 5.73 Å². The molecule has 61 heavy (non-hydrogen) atoms. The number of aliphatic hydroxyl groups excluding tert-OH is 1. The molecule has 12 heteroatoms. The van der Waals surface area contributed by atoms with Crippen molar-refractivity contribution in [1.82, 2.24) is 4.98 Å². The molecule has 2 aromatic carbocycles. The first kappa shape index (κ1) is 42.8. The van der Waals surface area contributed by atoms with Crippen LogP contribution in [0.5, 0.6) is 0 Å². The number of fused-ring (bicyclic) bond motifs is 6. The van der Waals surface area contributed by atoms with Gasteiger partial charge in [0, 0.05) is 47.5 Å². The molecule has 2 unspecified atom stereocenters. The Morgan fingerprint density at radius 3 is 2.38 bits per heavy atom. The number of ketones is 3. The van der Waals surface area contributed by atoms with Crippen molar-refractivity contribution < 1.29 is 48.0 Å². The van der Waals surface area contributed by atoms with Crippen LogP contribution in [0.2, 0.25) is 0 Å². The van der Waals surface area contributed by atoms with Gasteiger partial charge in [-0.2, -0.15) is 0 Å². The number of pyridine rings is 1. The van der Waals surface area contributed by atoms with Crippen molar-refractivity contribution in [1.29, 1.82) is 0 Å². The number of aromatic nitrogens is 1. The highest BCUT2D eigenvalue weighted by molar-refractivity contribution is 6.01. The van der Waals surface area contributed by atoms with E-state index in [1.54, 1.807) is 63.5 Å². The second-order valence-corrected chi connectivity index (χ2v) is 18.7. The van der Waals surface area contributed by atoms with Gasteiger partial charge >= 0.3 is 11.9 Å². The largest absolute Gasteiger partial charge is 0.461 e. The number of carbonyl (C=O) groups is 5. The van der Waals surface area contributed by atoms with Gasteiger partial charge in [0.1, 0.15) is 18.0 Å². The van der Waals surface area contributed by atoms with Crippen LogP contribution in [0, 0.1) is 40.4 Å². The molecule has 11 nitrogen and oxygen atoms in total. The Morgan fingerprint density at radius 2 is 1.66 bits per heavy atom. The summed E-state index contributed by atoms with van der Waals surface area (Å²) in [4.78, 5) is 70.6. The van der Waals surface area contributed by atoms with Gasteiger partial charge in [0.2, 0.25) is 5.78 Å². The van der Waals surface area contributed by atoms with Gasteiger partial charge in [-0.25, -0.2) is 4.39 Å². The predicted molar refractivity (Wildman–Crippen MR) is 223 cm³/mol. The van der Waals surface area contributed by atoms with E-state index in [0.29, 0.717) is 49.7 Å². The van der Waals surface area contributed by atoms with Crippen molar-refractivity contribution >= 4 is 40.1 Å². The molecule has 322 valence electrons. The number of Topliss-reactive ketones (excluding diaryl/α,β-unsaturated/α-hetero) is 2. The summed E-state index contributed by atoms with van der Waals surface area (Å²) in [6.45, 7) is 4.55. The number of benzene rings is 2. The standard InChI is InChI=1S/C49H55FN2O9/c1-28-19-40-39-14-13-34-22-35(53)15-17-46(34,2)48(39,50)42(55)23-47(40,3)49(28,59)43(56)27-61-45(58)37-6-4-5-36(37)44(57)60-26-29-7-10-31(11-8-29)38(24-51)41(54)21-30-9-12-33-25-52-18-16-32(33)20-30/h7-12,15-18,20,22,25,28,36-40,42,55,59H,4-6,13-14,19,21,23-24,26-27,51H2,1-3H3/t28-,36?,37?,38-,39+,40+,42+,46+,47+,48+,49+/m1/s1. The van der Waals surface area contributed by atoms with E-state index in [4.69, 9.17) is 15.2 Å². The zero-order valence-corrected chi connectivity index (χ0v) is 35.0. The number of halogens is 1. The van der Waals surface area contributed by atoms with E-state index in [2.05, 4.69) is 4.98 Å². The summed E-state index contributed by atoms with van der Waals surface area (Å²) in [5.74, 6) is -6.10. The van der Waals surface area contributed by atoms with E-state index in [1.807, 2.05) is 24.3 Å². The van der Waals surface area contributed by atoms with Crippen molar-refractivity contribution in [2.24, 2.45) is 46.2 Å². The molecular weight excluding hydrogens is 780 g/mol. The second-order valence-electron chi connectivity index (χ2n) is 18.7. The van der Waals surface area contributed by atoms with Crippen molar-refractivity contribution in [3.8, 4) is 0 Å². The zero-order chi connectivity index (χ0) is 43.5. The minimum Gasteiger partial charge on any atom is -0.461 e. The summed E-state index contributed by atoms with van der Waals surface area (Å²) in [6, 6.07) is 14.9. The fourth-order valence-electron chi connectivity index (χ4n) is 12.1. The molecule has 5 aliphatic rings. The van der Waals surface area contributed by atoms with Crippen LogP contribution >= 0.6 is 0 Å². The quantitative estimate of drug-likeness (QED) is 0.182. The third-order valence-electron chi connectivity index (χ3n) is 15.6. The van der Waals surface area contributed by atoms with E-state index in [-0.39, 0.29) is 37.6 Å². The molecule has 0 spiro atoms. The number of rotatable bonds is 12. The van der Waals surface area contributed by atoms with Gasteiger partial charge in [-0.15, -0.1) is 0 Å². The Kier molecular flexibility index (Phi) is 11.3. The molecule has 0 saturated heterocycles. The summed E-state index contributed by atoms with van der Waals surface area (Å²) in [5.41, 5.74) is 2.51. The van der Waals surface area contributed by atoms with Gasteiger partial charge in [0.05, 0.1) is 23.9 Å². The highest BCUT2D eigenvalue weighted by Gasteiger charge is 2.75. The summed E-state index contributed by atoms with van der Waals surface area (Å²) in [6.07, 6.45) is 8.90. The van der Waals surface area contributed by atoms with E-state index >= 15 is 4.39 Å². The predicted octanol–water partition coefficient (Wildman–Crippen LogP) is 6.01. The number of ether oxygens (including phenoxy) is 2. The molecular formula is C49H55FN2O9. The van der Waals surface area contributed by atoms with Crippen LogP contribution in [0.25, 0.3) is 10.8 Å². The average molecular weight is 835 g/mol. The monoisotopic (exact) mass is 834 g/mol. The van der Waals surface area contributed by atoms with Crippen LogP contribution in [-0.4, -0.2) is 75.0 Å². The van der Waals surface area contributed by atoms with Crippen LogP contribution in [-0.2, 0) is 46.5 Å². The topological polar surface area (TPSA) is 183 Å². The van der Waals surface area contributed by atoms with Gasteiger partial charge in [-0.3, -0.25) is 29.0 Å². The number of hydrogen-bond donors (Lipinski definition) is 3. The maximum Gasteiger partial charge on any atom is 0.310 e. The smallest absolute Gasteiger partial charge is 0.310 e. The number of hydrogen-bond acceptors (Lipinski definition) is 11. The number of nitrogens with two attached hydrogens (primary N) is 1. The Morgan fingerprint density at radius 1 is 0.951 bits per heavy atom. The highest BCUT2D eigenvalue weighted by Crippen LogP contribution is 2.70. The second kappa shape index (κ2) is 16.1. The zero-order valence-electron chi connectivity index (χ0n) is 35.0. The maximum atomic E-state index is 17.6. The minimum atomic E-state index is -2.11.